The molecule has 0 aromatic carbocycles. The molecule has 0 spiro atoms. The van der Waals surface area contributed by atoms with Gasteiger partial charge in [0, 0.05) is 32.4 Å². The molecule has 2 aromatic rings. The van der Waals surface area contributed by atoms with E-state index >= 15 is 0 Å². The zero-order valence-corrected chi connectivity index (χ0v) is 13.9. The number of aromatic nitrogens is 3. The molecule has 0 N–H and O–H groups in total. The summed E-state index contributed by atoms with van der Waals surface area (Å²) < 4.78 is 10.1. The Labute approximate surface area is 140 Å². The van der Waals surface area contributed by atoms with Gasteiger partial charge in [0.15, 0.2) is 5.82 Å². The van der Waals surface area contributed by atoms with Crippen molar-refractivity contribution in [3.8, 4) is 0 Å². The predicted molar refractivity (Wildman–Crippen MR) is 86.7 cm³/mol. The fourth-order valence-electron chi connectivity index (χ4n) is 2.64. The standard InChI is InChI=1S/C16H21N5O3/c1-3-23-16(22)13-4-5-14(17-10-13)21-8-6-20(7-9-21)11-15-18-12(2)19-24-15/h4-5,10H,3,6-9,11H2,1-2H3. The van der Waals surface area contributed by atoms with Crippen LogP contribution in [0.25, 0.3) is 0 Å². The number of anilines is 1. The summed E-state index contributed by atoms with van der Waals surface area (Å²) in [5.74, 6) is 1.85. The zero-order chi connectivity index (χ0) is 16.9. The van der Waals surface area contributed by atoms with Crippen LogP contribution in [0.5, 0.6) is 0 Å². The maximum atomic E-state index is 11.6. The lowest BCUT2D eigenvalue weighted by Crippen LogP contribution is -2.46. The number of hydrogen-bond donors (Lipinski definition) is 0. The van der Waals surface area contributed by atoms with Crippen molar-refractivity contribution in [1.82, 2.24) is 20.0 Å². The van der Waals surface area contributed by atoms with Crippen molar-refractivity contribution in [1.29, 1.82) is 0 Å². The Hall–Kier alpha value is -2.48. The van der Waals surface area contributed by atoms with Gasteiger partial charge in [-0.1, -0.05) is 5.16 Å². The van der Waals surface area contributed by atoms with E-state index < -0.39 is 0 Å². The molecular weight excluding hydrogens is 310 g/mol. The van der Waals surface area contributed by atoms with Gasteiger partial charge < -0.3 is 14.2 Å². The lowest BCUT2D eigenvalue weighted by Gasteiger charge is -2.34. The quantitative estimate of drug-likeness (QED) is 0.757. The van der Waals surface area contributed by atoms with Crippen LogP contribution >= 0.6 is 0 Å². The van der Waals surface area contributed by atoms with Crippen LogP contribution in [-0.4, -0.2) is 58.8 Å². The summed E-state index contributed by atoms with van der Waals surface area (Å²) in [6.07, 6.45) is 1.57. The predicted octanol–water partition coefficient (Wildman–Crippen LogP) is 1.27. The van der Waals surface area contributed by atoms with Crippen molar-refractivity contribution in [2.24, 2.45) is 0 Å². The number of carbonyl (C=O) groups is 1. The van der Waals surface area contributed by atoms with Crippen LogP contribution in [0.4, 0.5) is 5.82 Å². The molecule has 1 aliphatic heterocycles. The summed E-state index contributed by atoms with van der Waals surface area (Å²) in [4.78, 5) is 24.7. The highest BCUT2D eigenvalue weighted by atomic mass is 16.5. The smallest absolute Gasteiger partial charge is 0.339 e. The number of pyridine rings is 1. The Kier molecular flexibility index (Phi) is 5.05. The first-order chi connectivity index (χ1) is 11.7. The average Bonchev–Trinajstić information content (AvgIpc) is 3.01. The van der Waals surface area contributed by atoms with E-state index in [1.54, 1.807) is 19.2 Å². The molecule has 1 saturated heterocycles. The van der Waals surface area contributed by atoms with Crippen molar-refractivity contribution in [2.45, 2.75) is 20.4 Å². The van der Waals surface area contributed by atoms with Crippen molar-refractivity contribution in [3.05, 3.63) is 35.6 Å². The highest BCUT2D eigenvalue weighted by molar-refractivity contribution is 5.89. The fourth-order valence-corrected chi connectivity index (χ4v) is 2.64. The molecule has 0 bridgehead atoms. The molecule has 24 heavy (non-hydrogen) atoms. The third kappa shape index (κ3) is 3.88. The lowest BCUT2D eigenvalue weighted by molar-refractivity contribution is 0.0526. The van der Waals surface area contributed by atoms with E-state index in [0.717, 1.165) is 32.0 Å². The summed E-state index contributed by atoms with van der Waals surface area (Å²) in [5, 5.41) is 3.81. The van der Waals surface area contributed by atoms with Gasteiger partial charge in [0.1, 0.15) is 5.82 Å². The number of nitrogens with zero attached hydrogens (tertiary/aromatic N) is 5. The molecule has 0 amide bonds. The van der Waals surface area contributed by atoms with E-state index in [-0.39, 0.29) is 5.97 Å². The highest BCUT2D eigenvalue weighted by Gasteiger charge is 2.20. The van der Waals surface area contributed by atoms with Crippen LogP contribution in [0.2, 0.25) is 0 Å². The number of hydrogen-bond acceptors (Lipinski definition) is 8. The van der Waals surface area contributed by atoms with Crippen LogP contribution in [0.15, 0.2) is 22.9 Å². The molecule has 0 unspecified atom stereocenters. The lowest BCUT2D eigenvalue weighted by atomic mass is 10.2. The van der Waals surface area contributed by atoms with E-state index in [2.05, 4.69) is 24.9 Å². The maximum Gasteiger partial charge on any atom is 0.339 e. The van der Waals surface area contributed by atoms with Crippen LogP contribution < -0.4 is 4.90 Å². The number of carbonyl (C=O) groups excluding carboxylic acids is 1. The van der Waals surface area contributed by atoms with Gasteiger partial charge in [0.05, 0.1) is 18.7 Å². The largest absolute Gasteiger partial charge is 0.462 e. The molecule has 128 valence electrons. The van der Waals surface area contributed by atoms with Crippen LogP contribution in [0.1, 0.15) is 29.0 Å². The number of esters is 1. The first-order valence-corrected chi connectivity index (χ1v) is 8.05. The molecule has 8 nitrogen and oxygen atoms in total. The van der Waals surface area contributed by atoms with Gasteiger partial charge in [-0.25, -0.2) is 9.78 Å². The van der Waals surface area contributed by atoms with Gasteiger partial charge in [-0.2, -0.15) is 4.98 Å². The Morgan fingerprint density at radius 2 is 2.08 bits per heavy atom. The van der Waals surface area contributed by atoms with Crippen LogP contribution in [-0.2, 0) is 11.3 Å². The Bertz CT molecular complexity index is 677. The van der Waals surface area contributed by atoms with E-state index in [1.165, 1.54) is 0 Å². The molecule has 2 aromatic heterocycles. The summed E-state index contributed by atoms with van der Waals surface area (Å²) in [5.41, 5.74) is 0.478. The van der Waals surface area contributed by atoms with E-state index in [4.69, 9.17) is 9.26 Å². The first-order valence-electron chi connectivity index (χ1n) is 8.05. The minimum absolute atomic E-state index is 0.337. The number of ether oxygens (including phenoxy) is 1. The summed E-state index contributed by atoms with van der Waals surface area (Å²) in [7, 11) is 0. The fraction of sp³-hybridized carbons (Fsp3) is 0.500. The second-order valence-corrected chi connectivity index (χ2v) is 5.62. The van der Waals surface area contributed by atoms with E-state index in [9.17, 15) is 4.79 Å². The molecule has 0 radical (unpaired) electrons. The highest BCUT2D eigenvalue weighted by Crippen LogP contribution is 2.15. The summed E-state index contributed by atoms with van der Waals surface area (Å²) in [6.45, 7) is 8.14. The monoisotopic (exact) mass is 331 g/mol. The van der Waals surface area contributed by atoms with Gasteiger partial charge in [-0.3, -0.25) is 4.90 Å². The molecule has 1 aliphatic rings. The first kappa shape index (κ1) is 16.4. The summed E-state index contributed by atoms with van der Waals surface area (Å²) in [6, 6.07) is 3.62. The molecule has 3 heterocycles. The Balaban J connectivity index is 1.53. The molecular formula is C16H21N5O3. The van der Waals surface area contributed by atoms with E-state index in [1.807, 2.05) is 13.0 Å². The minimum Gasteiger partial charge on any atom is -0.462 e. The average molecular weight is 331 g/mol. The van der Waals surface area contributed by atoms with Crippen molar-refractivity contribution >= 4 is 11.8 Å². The summed E-state index contributed by atoms with van der Waals surface area (Å²) >= 11 is 0. The molecule has 0 saturated carbocycles. The minimum atomic E-state index is -0.337. The number of rotatable bonds is 5. The van der Waals surface area contributed by atoms with Gasteiger partial charge in [0.25, 0.3) is 0 Å². The maximum absolute atomic E-state index is 11.6. The second-order valence-electron chi connectivity index (χ2n) is 5.62. The second kappa shape index (κ2) is 7.39. The number of piperazine rings is 1. The van der Waals surface area contributed by atoms with Gasteiger partial charge in [-0.15, -0.1) is 0 Å². The van der Waals surface area contributed by atoms with Crippen LogP contribution in [0, 0.1) is 6.92 Å². The van der Waals surface area contributed by atoms with Crippen molar-refractivity contribution < 1.29 is 14.1 Å². The molecule has 1 fully saturated rings. The van der Waals surface area contributed by atoms with Gasteiger partial charge in [-0.05, 0) is 26.0 Å². The SMILES string of the molecule is CCOC(=O)c1ccc(N2CCN(Cc3nc(C)no3)CC2)nc1. The van der Waals surface area contributed by atoms with Gasteiger partial charge >= 0.3 is 5.97 Å². The Morgan fingerprint density at radius 3 is 2.67 bits per heavy atom. The third-order valence-corrected chi connectivity index (χ3v) is 3.88. The van der Waals surface area contributed by atoms with Crippen molar-refractivity contribution in [2.75, 3.05) is 37.7 Å². The topological polar surface area (TPSA) is 84.6 Å². The van der Waals surface area contributed by atoms with Crippen molar-refractivity contribution in [3.63, 3.8) is 0 Å². The van der Waals surface area contributed by atoms with Gasteiger partial charge in [0.2, 0.25) is 5.89 Å². The number of aryl methyl sites for hydroxylation is 1. The zero-order valence-electron chi connectivity index (χ0n) is 13.9. The third-order valence-electron chi connectivity index (χ3n) is 3.88. The molecule has 8 heteroatoms. The molecule has 0 aliphatic carbocycles. The molecule has 0 atom stereocenters. The normalized spacial score (nSPS) is 15.5. The van der Waals surface area contributed by atoms with E-state index in [0.29, 0.717) is 30.4 Å². The van der Waals surface area contributed by atoms with Crippen LogP contribution in [0.3, 0.4) is 0 Å². The molecule has 3 rings (SSSR count). The Morgan fingerprint density at radius 1 is 1.29 bits per heavy atom.